The number of nitrogens with one attached hydrogen (secondary N) is 1. The summed E-state index contributed by atoms with van der Waals surface area (Å²) in [4.78, 5) is 0. The van der Waals surface area contributed by atoms with Crippen LogP contribution in [-0.2, 0) is 6.54 Å². The molecule has 3 N–H and O–H groups in total. The molecule has 4 heteroatoms. The Morgan fingerprint density at radius 3 is 2.57 bits per heavy atom. The first kappa shape index (κ1) is 11.1. The molecule has 0 aliphatic rings. The Morgan fingerprint density at radius 2 is 2.00 bits per heavy atom. The van der Waals surface area contributed by atoms with Gasteiger partial charge >= 0.3 is 0 Å². The van der Waals surface area contributed by atoms with E-state index in [4.69, 9.17) is 10.2 Å². The molecule has 14 heavy (non-hydrogen) atoms. The van der Waals surface area contributed by atoms with Gasteiger partial charge in [-0.2, -0.15) is 0 Å². The zero-order chi connectivity index (χ0) is 10.4. The van der Waals surface area contributed by atoms with Gasteiger partial charge in [-0.3, -0.25) is 0 Å². The summed E-state index contributed by atoms with van der Waals surface area (Å²) in [6.45, 7) is 0.168. The van der Waals surface area contributed by atoms with E-state index in [0.29, 0.717) is 6.54 Å². The van der Waals surface area contributed by atoms with Gasteiger partial charge in [0.2, 0.25) is 0 Å². The van der Waals surface area contributed by atoms with Crippen LogP contribution in [0.25, 0.3) is 0 Å². The number of aliphatic hydroxyl groups is 2. The highest BCUT2D eigenvalue weighted by molar-refractivity contribution is 5.16. The molecule has 0 atom stereocenters. The lowest BCUT2D eigenvalue weighted by atomic mass is 10.2. The standard InChI is InChI=1S/C10H14FNO2/c11-9-3-1-2-8(4-9)5-12-10(6-13)7-14/h1-4,10,12-14H,5-7H2. The predicted molar refractivity (Wildman–Crippen MR) is 51.2 cm³/mol. The molecule has 0 unspecified atom stereocenters. The van der Waals surface area contributed by atoms with E-state index in [1.807, 2.05) is 0 Å². The van der Waals surface area contributed by atoms with Crippen molar-refractivity contribution >= 4 is 0 Å². The van der Waals surface area contributed by atoms with E-state index in [-0.39, 0.29) is 25.1 Å². The summed E-state index contributed by atoms with van der Waals surface area (Å²) in [6.07, 6.45) is 0. The van der Waals surface area contributed by atoms with Crippen LogP contribution in [0.5, 0.6) is 0 Å². The van der Waals surface area contributed by atoms with Crippen LogP contribution < -0.4 is 5.32 Å². The normalized spacial score (nSPS) is 10.9. The summed E-state index contributed by atoms with van der Waals surface area (Å²) in [5.74, 6) is -0.283. The predicted octanol–water partition coefficient (Wildman–Crippen LogP) is 0.268. The third kappa shape index (κ3) is 3.41. The molecule has 0 aliphatic heterocycles. The third-order valence-electron chi connectivity index (χ3n) is 1.92. The van der Waals surface area contributed by atoms with Gasteiger partial charge in [-0.15, -0.1) is 0 Å². The van der Waals surface area contributed by atoms with E-state index in [9.17, 15) is 4.39 Å². The fourth-order valence-corrected chi connectivity index (χ4v) is 1.10. The summed E-state index contributed by atoms with van der Waals surface area (Å²) in [5, 5.41) is 20.4. The van der Waals surface area contributed by atoms with Crippen molar-refractivity contribution in [3.05, 3.63) is 35.6 Å². The number of halogens is 1. The number of hydrogen-bond donors (Lipinski definition) is 3. The molecule has 0 fully saturated rings. The molecule has 0 heterocycles. The number of aliphatic hydroxyl groups excluding tert-OH is 2. The van der Waals surface area contributed by atoms with Crippen molar-refractivity contribution in [2.24, 2.45) is 0 Å². The Labute approximate surface area is 82.2 Å². The zero-order valence-corrected chi connectivity index (χ0v) is 7.78. The molecule has 1 aromatic carbocycles. The summed E-state index contributed by atoms with van der Waals surface area (Å²) < 4.78 is 12.7. The fourth-order valence-electron chi connectivity index (χ4n) is 1.10. The first-order valence-corrected chi connectivity index (χ1v) is 4.46. The van der Waals surface area contributed by atoms with Gasteiger partial charge < -0.3 is 15.5 Å². The minimum atomic E-state index is -0.349. The fraction of sp³-hybridized carbons (Fsp3) is 0.400. The maximum atomic E-state index is 12.7. The first-order valence-electron chi connectivity index (χ1n) is 4.46. The Balaban J connectivity index is 2.44. The Morgan fingerprint density at radius 1 is 1.29 bits per heavy atom. The second-order valence-electron chi connectivity index (χ2n) is 3.07. The number of hydrogen-bond acceptors (Lipinski definition) is 3. The third-order valence-corrected chi connectivity index (χ3v) is 1.92. The minimum absolute atomic E-state index is 0.133. The van der Waals surface area contributed by atoms with Crippen molar-refractivity contribution in [3.8, 4) is 0 Å². The molecule has 1 aromatic rings. The van der Waals surface area contributed by atoms with Gasteiger partial charge in [0, 0.05) is 6.54 Å². The summed E-state index contributed by atoms with van der Waals surface area (Å²) in [6, 6.07) is 5.84. The van der Waals surface area contributed by atoms with E-state index in [0.717, 1.165) is 5.56 Å². The van der Waals surface area contributed by atoms with Crippen molar-refractivity contribution in [2.75, 3.05) is 13.2 Å². The molecular weight excluding hydrogens is 185 g/mol. The molecule has 0 spiro atoms. The number of benzene rings is 1. The Bertz CT molecular complexity index is 277. The quantitative estimate of drug-likeness (QED) is 0.638. The zero-order valence-electron chi connectivity index (χ0n) is 7.78. The van der Waals surface area contributed by atoms with Crippen molar-refractivity contribution in [1.82, 2.24) is 5.32 Å². The Hall–Kier alpha value is -0.970. The van der Waals surface area contributed by atoms with E-state index < -0.39 is 0 Å². The molecule has 0 amide bonds. The molecule has 78 valence electrons. The van der Waals surface area contributed by atoms with Crippen molar-refractivity contribution in [2.45, 2.75) is 12.6 Å². The molecule has 3 nitrogen and oxygen atoms in total. The van der Waals surface area contributed by atoms with Gasteiger partial charge in [-0.05, 0) is 17.7 Å². The van der Waals surface area contributed by atoms with Gasteiger partial charge in [0.05, 0.1) is 19.3 Å². The summed E-state index contributed by atoms with van der Waals surface area (Å²) >= 11 is 0. The Kier molecular flexibility index (Phi) is 4.52. The van der Waals surface area contributed by atoms with Crippen LogP contribution >= 0.6 is 0 Å². The largest absolute Gasteiger partial charge is 0.395 e. The van der Waals surface area contributed by atoms with Crippen molar-refractivity contribution in [1.29, 1.82) is 0 Å². The SMILES string of the molecule is OCC(CO)NCc1cccc(F)c1. The first-order chi connectivity index (χ1) is 6.76. The van der Waals surface area contributed by atoms with E-state index in [2.05, 4.69) is 5.32 Å². The molecule has 0 saturated carbocycles. The lowest BCUT2D eigenvalue weighted by Crippen LogP contribution is -2.35. The maximum absolute atomic E-state index is 12.7. The molecule has 0 bridgehead atoms. The smallest absolute Gasteiger partial charge is 0.123 e. The molecule has 0 aromatic heterocycles. The second kappa shape index (κ2) is 5.70. The summed E-state index contributed by atoms with van der Waals surface area (Å²) in [5.41, 5.74) is 0.789. The summed E-state index contributed by atoms with van der Waals surface area (Å²) in [7, 11) is 0. The highest BCUT2D eigenvalue weighted by atomic mass is 19.1. The molecule has 0 radical (unpaired) electrons. The van der Waals surface area contributed by atoms with Crippen LogP contribution in [0.2, 0.25) is 0 Å². The van der Waals surface area contributed by atoms with Gasteiger partial charge in [-0.1, -0.05) is 12.1 Å². The van der Waals surface area contributed by atoms with E-state index in [1.165, 1.54) is 12.1 Å². The molecule has 0 aliphatic carbocycles. The van der Waals surface area contributed by atoms with Crippen LogP contribution in [0.1, 0.15) is 5.56 Å². The van der Waals surface area contributed by atoms with Gasteiger partial charge in [-0.25, -0.2) is 4.39 Å². The molecule has 0 saturated heterocycles. The molecule has 1 rings (SSSR count). The van der Waals surface area contributed by atoms with E-state index >= 15 is 0 Å². The van der Waals surface area contributed by atoms with Gasteiger partial charge in [0.25, 0.3) is 0 Å². The van der Waals surface area contributed by atoms with Crippen LogP contribution in [0.3, 0.4) is 0 Å². The average Bonchev–Trinajstić information content (AvgIpc) is 2.19. The van der Waals surface area contributed by atoms with Gasteiger partial charge in [0.1, 0.15) is 5.82 Å². The topological polar surface area (TPSA) is 52.5 Å². The second-order valence-corrected chi connectivity index (χ2v) is 3.07. The molecular formula is C10H14FNO2. The maximum Gasteiger partial charge on any atom is 0.123 e. The average molecular weight is 199 g/mol. The van der Waals surface area contributed by atoms with Crippen LogP contribution in [0.15, 0.2) is 24.3 Å². The lowest BCUT2D eigenvalue weighted by Gasteiger charge is -2.12. The van der Waals surface area contributed by atoms with Crippen molar-refractivity contribution < 1.29 is 14.6 Å². The van der Waals surface area contributed by atoms with Crippen LogP contribution in [-0.4, -0.2) is 29.5 Å². The number of rotatable bonds is 5. The lowest BCUT2D eigenvalue weighted by molar-refractivity contribution is 0.170. The highest BCUT2D eigenvalue weighted by Crippen LogP contribution is 2.03. The van der Waals surface area contributed by atoms with Crippen LogP contribution in [0.4, 0.5) is 4.39 Å². The van der Waals surface area contributed by atoms with E-state index in [1.54, 1.807) is 12.1 Å². The van der Waals surface area contributed by atoms with Gasteiger partial charge in [0.15, 0.2) is 0 Å². The minimum Gasteiger partial charge on any atom is -0.395 e. The van der Waals surface area contributed by atoms with Crippen LogP contribution in [0, 0.1) is 5.82 Å². The highest BCUT2D eigenvalue weighted by Gasteiger charge is 2.04. The van der Waals surface area contributed by atoms with Crippen molar-refractivity contribution in [3.63, 3.8) is 0 Å². The monoisotopic (exact) mass is 199 g/mol.